The maximum Gasteiger partial charge on any atom is 0.217 e. The van der Waals surface area contributed by atoms with Crippen molar-refractivity contribution < 1.29 is 4.79 Å². The van der Waals surface area contributed by atoms with Gasteiger partial charge in [-0.15, -0.1) is 0 Å². The standard InChI is InChI=1S/C16H19ClN4O/c1-12(22)19-14-6-7-20(11-14)9-13-8-18-21(10-13)16-5-3-2-4-15(16)17/h2-5,8,10,14H,6-7,9,11H2,1H3,(H,19,22)/t14-/m0/s1. The number of likely N-dealkylation sites (tertiary alicyclic amines) is 1. The Kier molecular flexibility index (Phi) is 4.45. The van der Waals surface area contributed by atoms with Crippen molar-refractivity contribution in [2.24, 2.45) is 0 Å². The highest BCUT2D eigenvalue weighted by Gasteiger charge is 2.23. The van der Waals surface area contributed by atoms with Gasteiger partial charge in [-0.3, -0.25) is 9.69 Å². The van der Waals surface area contributed by atoms with Gasteiger partial charge in [0, 0.05) is 44.4 Å². The van der Waals surface area contributed by atoms with Crippen molar-refractivity contribution in [1.82, 2.24) is 20.0 Å². The lowest BCUT2D eigenvalue weighted by Gasteiger charge is -2.15. The zero-order valence-electron chi connectivity index (χ0n) is 12.5. The van der Waals surface area contributed by atoms with E-state index in [1.54, 1.807) is 11.6 Å². The minimum absolute atomic E-state index is 0.0402. The first kappa shape index (κ1) is 15.1. The van der Waals surface area contributed by atoms with Gasteiger partial charge in [0.15, 0.2) is 0 Å². The van der Waals surface area contributed by atoms with E-state index in [2.05, 4.69) is 15.3 Å². The second-order valence-corrected chi connectivity index (χ2v) is 6.07. The van der Waals surface area contributed by atoms with Gasteiger partial charge in [-0.05, 0) is 18.6 Å². The smallest absolute Gasteiger partial charge is 0.217 e. The van der Waals surface area contributed by atoms with Crippen LogP contribution in [0.5, 0.6) is 0 Å². The lowest BCUT2D eigenvalue weighted by Crippen LogP contribution is -2.35. The molecule has 5 nitrogen and oxygen atoms in total. The van der Waals surface area contributed by atoms with Crippen LogP contribution < -0.4 is 5.32 Å². The highest BCUT2D eigenvalue weighted by atomic mass is 35.5. The van der Waals surface area contributed by atoms with Gasteiger partial charge in [-0.1, -0.05) is 23.7 Å². The molecule has 0 aliphatic carbocycles. The van der Waals surface area contributed by atoms with Crippen molar-refractivity contribution in [3.05, 3.63) is 47.2 Å². The molecule has 1 amide bonds. The Bertz CT molecular complexity index is 670. The van der Waals surface area contributed by atoms with E-state index in [0.717, 1.165) is 37.3 Å². The number of benzene rings is 1. The van der Waals surface area contributed by atoms with Gasteiger partial charge in [0.2, 0.25) is 5.91 Å². The molecule has 2 heterocycles. The van der Waals surface area contributed by atoms with Crippen molar-refractivity contribution in [3.8, 4) is 5.69 Å². The number of aromatic nitrogens is 2. The minimum atomic E-state index is 0.0402. The molecule has 3 rings (SSSR count). The number of nitrogens with one attached hydrogen (secondary N) is 1. The number of nitrogens with zero attached hydrogens (tertiary/aromatic N) is 3. The molecular formula is C16H19ClN4O. The first-order chi connectivity index (χ1) is 10.6. The Morgan fingerprint density at radius 2 is 2.27 bits per heavy atom. The predicted octanol–water partition coefficient (Wildman–Crippen LogP) is 2.24. The predicted molar refractivity (Wildman–Crippen MR) is 86.1 cm³/mol. The molecule has 1 saturated heterocycles. The molecule has 1 atom stereocenters. The monoisotopic (exact) mass is 318 g/mol. The van der Waals surface area contributed by atoms with Crippen molar-refractivity contribution in [1.29, 1.82) is 0 Å². The van der Waals surface area contributed by atoms with Gasteiger partial charge in [0.25, 0.3) is 0 Å². The fourth-order valence-electron chi connectivity index (χ4n) is 2.85. The number of amides is 1. The maximum absolute atomic E-state index is 11.1. The number of para-hydroxylation sites is 1. The average molecular weight is 319 g/mol. The maximum atomic E-state index is 11.1. The summed E-state index contributed by atoms with van der Waals surface area (Å²) in [5.41, 5.74) is 2.02. The Morgan fingerprint density at radius 1 is 1.45 bits per heavy atom. The van der Waals surface area contributed by atoms with E-state index in [1.807, 2.05) is 36.7 Å². The molecule has 1 aliphatic rings. The second kappa shape index (κ2) is 6.50. The summed E-state index contributed by atoms with van der Waals surface area (Å²) < 4.78 is 1.80. The van der Waals surface area contributed by atoms with Crippen LogP contribution in [0, 0.1) is 0 Å². The van der Waals surface area contributed by atoms with E-state index < -0.39 is 0 Å². The summed E-state index contributed by atoms with van der Waals surface area (Å²) in [6, 6.07) is 7.92. The number of hydrogen-bond donors (Lipinski definition) is 1. The fraction of sp³-hybridized carbons (Fsp3) is 0.375. The van der Waals surface area contributed by atoms with E-state index in [-0.39, 0.29) is 11.9 Å². The number of carbonyl (C=O) groups is 1. The van der Waals surface area contributed by atoms with Crippen LogP contribution in [0.3, 0.4) is 0 Å². The van der Waals surface area contributed by atoms with E-state index in [1.165, 1.54) is 0 Å². The summed E-state index contributed by atoms with van der Waals surface area (Å²) in [6.07, 6.45) is 4.88. The number of hydrogen-bond acceptors (Lipinski definition) is 3. The van der Waals surface area contributed by atoms with Crippen molar-refractivity contribution in [2.45, 2.75) is 25.9 Å². The van der Waals surface area contributed by atoms with Gasteiger partial charge in [-0.2, -0.15) is 5.10 Å². The molecule has 0 spiro atoms. The summed E-state index contributed by atoms with van der Waals surface area (Å²) in [4.78, 5) is 13.4. The molecule has 0 bridgehead atoms. The van der Waals surface area contributed by atoms with Crippen LogP contribution >= 0.6 is 11.6 Å². The quantitative estimate of drug-likeness (QED) is 0.940. The molecule has 0 unspecified atom stereocenters. The molecule has 0 radical (unpaired) electrons. The SMILES string of the molecule is CC(=O)N[C@H]1CCN(Cc2cnn(-c3ccccc3Cl)c2)C1. The van der Waals surface area contributed by atoms with Crippen LogP contribution in [-0.2, 0) is 11.3 Å². The van der Waals surface area contributed by atoms with Crippen molar-refractivity contribution >= 4 is 17.5 Å². The van der Waals surface area contributed by atoms with E-state index in [4.69, 9.17) is 11.6 Å². The number of carbonyl (C=O) groups excluding carboxylic acids is 1. The average Bonchev–Trinajstić information content (AvgIpc) is 3.09. The summed E-state index contributed by atoms with van der Waals surface area (Å²) >= 11 is 6.19. The minimum Gasteiger partial charge on any atom is -0.352 e. The van der Waals surface area contributed by atoms with Crippen LogP contribution in [0.1, 0.15) is 18.9 Å². The highest BCUT2D eigenvalue weighted by Crippen LogP contribution is 2.20. The van der Waals surface area contributed by atoms with Crippen LogP contribution in [0.2, 0.25) is 5.02 Å². The van der Waals surface area contributed by atoms with Crippen LogP contribution in [0.25, 0.3) is 5.69 Å². The molecule has 1 aromatic carbocycles. The lowest BCUT2D eigenvalue weighted by atomic mass is 10.2. The largest absolute Gasteiger partial charge is 0.352 e. The van der Waals surface area contributed by atoms with E-state index in [9.17, 15) is 4.79 Å². The summed E-state index contributed by atoms with van der Waals surface area (Å²) in [5.74, 6) is 0.0402. The summed E-state index contributed by atoms with van der Waals surface area (Å²) in [6.45, 7) is 4.27. The van der Waals surface area contributed by atoms with Gasteiger partial charge in [0.05, 0.1) is 16.9 Å². The van der Waals surface area contributed by atoms with Crippen LogP contribution in [0.15, 0.2) is 36.7 Å². The molecule has 0 saturated carbocycles. The molecule has 6 heteroatoms. The van der Waals surface area contributed by atoms with E-state index >= 15 is 0 Å². The van der Waals surface area contributed by atoms with Gasteiger partial charge < -0.3 is 5.32 Å². The van der Waals surface area contributed by atoms with Crippen molar-refractivity contribution in [3.63, 3.8) is 0 Å². The van der Waals surface area contributed by atoms with Crippen LogP contribution in [-0.4, -0.2) is 39.7 Å². The molecule has 116 valence electrons. The molecular weight excluding hydrogens is 300 g/mol. The highest BCUT2D eigenvalue weighted by molar-refractivity contribution is 6.32. The van der Waals surface area contributed by atoms with Gasteiger partial charge in [0.1, 0.15) is 0 Å². The fourth-order valence-corrected chi connectivity index (χ4v) is 3.07. The molecule has 2 aromatic rings. The Labute approximate surface area is 134 Å². The number of halogens is 1. The zero-order valence-corrected chi connectivity index (χ0v) is 13.3. The Balaban J connectivity index is 1.63. The molecule has 1 N–H and O–H groups in total. The lowest BCUT2D eigenvalue weighted by molar-refractivity contribution is -0.119. The summed E-state index contributed by atoms with van der Waals surface area (Å²) in [5, 5.41) is 8.05. The van der Waals surface area contributed by atoms with Crippen LogP contribution in [0.4, 0.5) is 0 Å². The zero-order chi connectivity index (χ0) is 15.5. The molecule has 1 fully saturated rings. The third-order valence-corrected chi connectivity index (χ3v) is 4.14. The van der Waals surface area contributed by atoms with Gasteiger partial charge in [-0.25, -0.2) is 4.68 Å². The normalized spacial score (nSPS) is 18.5. The first-order valence-corrected chi connectivity index (χ1v) is 7.77. The summed E-state index contributed by atoms with van der Waals surface area (Å²) in [7, 11) is 0. The van der Waals surface area contributed by atoms with E-state index in [0.29, 0.717) is 5.02 Å². The van der Waals surface area contributed by atoms with Gasteiger partial charge >= 0.3 is 0 Å². The third kappa shape index (κ3) is 3.48. The molecule has 1 aromatic heterocycles. The Hall–Kier alpha value is -1.85. The number of rotatable bonds is 4. The molecule has 1 aliphatic heterocycles. The topological polar surface area (TPSA) is 50.2 Å². The second-order valence-electron chi connectivity index (χ2n) is 5.67. The van der Waals surface area contributed by atoms with Crippen molar-refractivity contribution in [2.75, 3.05) is 13.1 Å². The molecule has 22 heavy (non-hydrogen) atoms. The Morgan fingerprint density at radius 3 is 3.05 bits per heavy atom. The first-order valence-electron chi connectivity index (χ1n) is 7.40. The third-order valence-electron chi connectivity index (χ3n) is 3.82.